The molecule has 4 heteroatoms. The van der Waals surface area contributed by atoms with Crippen molar-refractivity contribution in [3.8, 4) is 0 Å². The van der Waals surface area contributed by atoms with Crippen LogP contribution in [0.25, 0.3) is 0 Å². The van der Waals surface area contributed by atoms with Gasteiger partial charge in [-0.1, -0.05) is 24.3 Å². The van der Waals surface area contributed by atoms with Crippen molar-refractivity contribution in [2.75, 3.05) is 17.6 Å². The van der Waals surface area contributed by atoms with Gasteiger partial charge in [-0.05, 0) is 52.9 Å². The van der Waals surface area contributed by atoms with Crippen molar-refractivity contribution in [3.05, 3.63) is 51.6 Å². The van der Waals surface area contributed by atoms with Crippen molar-refractivity contribution in [2.24, 2.45) is 0 Å². The van der Waals surface area contributed by atoms with Crippen LogP contribution in [0.5, 0.6) is 0 Å². The van der Waals surface area contributed by atoms with Crippen molar-refractivity contribution < 1.29 is 0 Å². The zero-order valence-corrected chi connectivity index (χ0v) is 12.8. The minimum Gasteiger partial charge on any atom is -0.397 e. The van der Waals surface area contributed by atoms with E-state index >= 15 is 0 Å². The van der Waals surface area contributed by atoms with Crippen LogP contribution < -0.4 is 11.1 Å². The molecule has 0 aliphatic carbocycles. The van der Waals surface area contributed by atoms with Gasteiger partial charge in [-0.3, -0.25) is 0 Å². The minimum atomic E-state index is 0.705. The summed E-state index contributed by atoms with van der Waals surface area (Å²) in [7, 11) is 0. The predicted molar refractivity (Wildman–Crippen MR) is 84.5 cm³/mol. The summed E-state index contributed by atoms with van der Waals surface area (Å²) in [6.07, 6.45) is 2.67. The second-order valence-corrected chi connectivity index (χ2v) is 5.40. The van der Waals surface area contributed by atoms with Gasteiger partial charge in [-0.25, -0.2) is 4.98 Å². The maximum absolute atomic E-state index is 5.81. The molecule has 0 unspecified atom stereocenters. The number of pyridine rings is 1. The molecule has 0 aliphatic rings. The Morgan fingerprint density at radius 3 is 2.74 bits per heavy atom. The van der Waals surface area contributed by atoms with Crippen molar-refractivity contribution in [2.45, 2.75) is 20.3 Å². The fraction of sp³-hybridized carbons (Fsp3) is 0.267. The van der Waals surface area contributed by atoms with E-state index in [1.165, 1.54) is 11.1 Å². The summed E-state index contributed by atoms with van der Waals surface area (Å²) >= 11 is 3.53. The second kappa shape index (κ2) is 6.06. The molecule has 3 N–H and O–H groups in total. The molecule has 0 saturated carbocycles. The molecular formula is C15H18BrN3. The number of halogens is 1. The smallest absolute Gasteiger partial charge is 0.140 e. The highest BCUT2D eigenvalue weighted by atomic mass is 79.9. The zero-order chi connectivity index (χ0) is 13.8. The predicted octanol–water partition coefficient (Wildman–Crippen LogP) is 3.70. The lowest BCUT2D eigenvalue weighted by Gasteiger charge is -2.11. The van der Waals surface area contributed by atoms with E-state index in [2.05, 4.69) is 57.4 Å². The molecule has 0 saturated heterocycles. The highest BCUT2D eigenvalue weighted by molar-refractivity contribution is 9.10. The highest BCUT2D eigenvalue weighted by Gasteiger charge is 2.07. The standard InChI is InChI=1S/C15H18BrN3/c1-10-5-3-4-6-12(10)7-8-18-15-14(16)11(2)13(17)9-19-15/h3-6,9H,7-8,17H2,1-2H3,(H,18,19). The number of aryl methyl sites for hydroxylation is 1. The Balaban J connectivity index is 2.01. The van der Waals surface area contributed by atoms with Crippen LogP contribution in [-0.2, 0) is 6.42 Å². The molecule has 19 heavy (non-hydrogen) atoms. The number of aromatic nitrogens is 1. The number of hydrogen-bond acceptors (Lipinski definition) is 3. The SMILES string of the molecule is Cc1ccccc1CCNc1ncc(N)c(C)c1Br. The quantitative estimate of drug-likeness (QED) is 0.903. The van der Waals surface area contributed by atoms with Crippen LogP contribution >= 0.6 is 15.9 Å². The molecule has 2 rings (SSSR count). The van der Waals surface area contributed by atoms with Gasteiger partial charge in [0.05, 0.1) is 16.4 Å². The fourth-order valence-electron chi connectivity index (χ4n) is 1.92. The first-order valence-corrected chi connectivity index (χ1v) is 7.08. The van der Waals surface area contributed by atoms with Crippen LogP contribution in [-0.4, -0.2) is 11.5 Å². The zero-order valence-electron chi connectivity index (χ0n) is 11.2. The van der Waals surface area contributed by atoms with Crippen molar-refractivity contribution >= 4 is 27.4 Å². The Morgan fingerprint density at radius 2 is 2.00 bits per heavy atom. The molecule has 0 atom stereocenters. The van der Waals surface area contributed by atoms with Crippen LogP contribution in [0.2, 0.25) is 0 Å². The first-order valence-electron chi connectivity index (χ1n) is 6.28. The number of benzene rings is 1. The van der Waals surface area contributed by atoms with Crippen LogP contribution in [0.15, 0.2) is 34.9 Å². The van der Waals surface area contributed by atoms with E-state index in [4.69, 9.17) is 5.73 Å². The largest absolute Gasteiger partial charge is 0.397 e. The molecule has 0 aliphatic heterocycles. The highest BCUT2D eigenvalue weighted by Crippen LogP contribution is 2.27. The Labute approximate surface area is 122 Å². The van der Waals surface area contributed by atoms with Crippen LogP contribution in [0.1, 0.15) is 16.7 Å². The molecule has 1 aromatic heterocycles. The van der Waals surface area contributed by atoms with E-state index in [1.54, 1.807) is 6.20 Å². The molecule has 0 radical (unpaired) electrons. The lowest BCUT2D eigenvalue weighted by molar-refractivity contribution is 0.990. The summed E-state index contributed by atoms with van der Waals surface area (Å²) in [4.78, 5) is 4.31. The Kier molecular flexibility index (Phi) is 4.43. The van der Waals surface area contributed by atoms with E-state index in [9.17, 15) is 0 Å². The average molecular weight is 320 g/mol. The average Bonchev–Trinajstić information content (AvgIpc) is 2.41. The monoisotopic (exact) mass is 319 g/mol. The van der Waals surface area contributed by atoms with Crippen LogP contribution in [0.3, 0.4) is 0 Å². The van der Waals surface area contributed by atoms with Crippen LogP contribution in [0.4, 0.5) is 11.5 Å². The number of rotatable bonds is 4. The molecular weight excluding hydrogens is 302 g/mol. The third-order valence-electron chi connectivity index (χ3n) is 3.25. The molecule has 1 heterocycles. The van der Waals surface area contributed by atoms with E-state index in [-0.39, 0.29) is 0 Å². The Bertz CT molecular complexity index is 582. The molecule has 2 aromatic rings. The van der Waals surface area contributed by atoms with Gasteiger partial charge in [0.25, 0.3) is 0 Å². The van der Waals surface area contributed by atoms with Gasteiger partial charge in [0.2, 0.25) is 0 Å². The molecule has 0 bridgehead atoms. The van der Waals surface area contributed by atoms with Crippen molar-refractivity contribution in [1.29, 1.82) is 0 Å². The first-order chi connectivity index (χ1) is 9.09. The second-order valence-electron chi connectivity index (χ2n) is 4.60. The number of nitrogens with two attached hydrogens (primary N) is 1. The molecule has 0 amide bonds. The minimum absolute atomic E-state index is 0.705. The molecule has 0 spiro atoms. The van der Waals surface area contributed by atoms with Gasteiger partial charge >= 0.3 is 0 Å². The lowest BCUT2D eigenvalue weighted by Crippen LogP contribution is -2.08. The van der Waals surface area contributed by atoms with Crippen molar-refractivity contribution in [1.82, 2.24) is 4.98 Å². The summed E-state index contributed by atoms with van der Waals surface area (Å²) in [5, 5.41) is 3.34. The lowest BCUT2D eigenvalue weighted by atomic mass is 10.1. The topological polar surface area (TPSA) is 50.9 Å². The van der Waals surface area contributed by atoms with Gasteiger partial charge in [0.1, 0.15) is 5.82 Å². The number of nitrogens with zero attached hydrogens (tertiary/aromatic N) is 1. The van der Waals surface area contributed by atoms with E-state index in [0.717, 1.165) is 28.8 Å². The number of hydrogen-bond donors (Lipinski definition) is 2. The number of nitrogen functional groups attached to an aromatic ring is 1. The summed E-state index contributed by atoms with van der Waals surface area (Å²) in [6.45, 7) is 4.96. The third-order valence-corrected chi connectivity index (χ3v) is 4.22. The number of nitrogens with one attached hydrogen (secondary N) is 1. The van der Waals surface area contributed by atoms with Crippen LogP contribution in [0, 0.1) is 13.8 Å². The molecule has 100 valence electrons. The summed E-state index contributed by atoms with van der Waals surface area (Å²) in [5.74, 6) is 0.847. The summed E-state index contributed by atoms with van der Waals surface area (Å²) in [5.41, 5.74) is 10.2. The maximum Gasteiger partial charge on any atom is 0.140 e. The van der Waals surface area contributed by atoms with E-state index in [0.29, 0.717) is 5.69 Å². The summed E-state index contributed by atoms with van der Waals surface area (Å²) in [6, 6.07) is 8.43. The number of anilines is 2. The van der Waals surface area contributed by atoms with Gasteiger partial charge in [0.15, 0.2) is 0 Å². The van der Waals surface area contributed by atoms with Gasteiger partial charge < -0.3 is 11.1 Å². The first kappa shape index (κ1) is 13.9. The van der Waals surface area contributed by atoms with Crippen molar-refractivity contribution in [3.63, 3.8) is 0 Å². The van der Waals surface area contributed by atoms with Gasteiger partial charge in [-0.15, -0.1) is 0 Å². The fourth-order valence-corrected chi connectivity index (χ4v) is 2.39. The Morgan fingerprint density at radius 1 is 1.26 bits per heavy atom. The Hall–Kier alpha value is -1.55. The summed E-state index contributed by atoms with van der Waals surface area (Å²) < 4.78 is 0.942. The van der Waals surface area contributed by atoms with Gasteiger partial charge in [-0.2, -0.15) is 0 Å². The van der Waals surface area contributed by atoms with E-state index < -0.39 is 0 Å². The molecule has 1 aromatic carbocycles. The molecule has 3 nitrogen and oxygen atoms in total. The molecule has 0 fully saturated rings. The normalized spacial score (nSPS) is 10.5. The van der Waals surface area contributed by atoms with E-state index in [1.807, 2.05) is 6.92 Å². The van der Waals surface area contributed by atoms with Gasteiger partial charge in [0, 0.05) is 6.54 Å². The maximum atomic E-state index is 5.81. The third kappa shape index (κ3) is 3.26.